The van der Waals surface area contributed by atoms with E-state index in [2.05, 4.69) is 16.0 Å². The van der Waals surface area contributed by atoms with Crippen molar-refractivity contribution in [2.24, 2.45) is 0 Å². The van der Waals surface area contributed by atoms with Gasteiger partial charge in [0, 0.05) is 37.0 Å². The number of nitrogens with zero attached hydrogens (tertiary/aromatic N) is 2. The lowest BCUT2D eigenvalue weighted by Gasteiger charge is -2.19. The van der Waals surface area contributed by atoms with Crippen molar-refractivity contribution in [1.82, 2.24) is 9.88 Å². The fraction of sp³-hybridized carbons (Fsp3) is 0.267. The second-order valence-corrected chi connectivity index (χ2v) is 4.71. The number of rotatable bonds is 2. The first kappa shape index (κ1) is 12.0. The van der Waals surface area contributed by atoms with Gasteiger partial charge in [0.05, 0.1) is 0 Å². The highest BCUT2D eigenvalue weighted by Crippen LogP contribution is 2.23. The Labute approximate surface area is 112 Å². The molecule has 2 heterocycles. The van der Waals surface area contributed by atoms with Crippen LogP contribution in [0.1, 0.15) is 11.1 Å². The van der Waals surface area contributed by atoms with E-state index in [0.717, 1.165) is 30.9 Å². The van der Waals surface area contributed by atoms with Gasteiger partial charge in [-0.05, 0) is 12.1 Å². The second kappa shape index (κ2) is 5.28. The molecular formula is C15H17N3O. The van der Waals surface area contributed by atoms with Crippen LogP contribution in [0, 0.1) is 0 Å². The molecule has 4 nitrogen and oxygen atoms in total. The van der Waals surface area contributed by atoms with Crippen LogP contribution in [-0.2, 0) is 13.1 Å². The third-order valence-electron chi connectivity index (χ3n) is 3.35. The van der Waals surface area contributed by atoms with E-state index < -0.39 is 0 Å². The summed E-state index contributed by atoms with van der Waals surface area (Å²) >= 11 is 0. The molecule has 0 unspecified atom stereocenters. The molecule has 0 fully saturated rings. The highest BCUT2D eigenvalue weighted by Gasteiger charge is 2.15. The van der Waals surface area contributed by atoms with E-state index in [1.54, 1.807) is 6.20 Å². The zero-order valence-corrected chi connectivity index (χ0v) is 10.7. The normalized spacial score (nSPS) is 15.4. The summed E-state index contributed by atoms with van der Waals surface area (Å²) in [5, 5.41) is 0. The Morgan fingerprint density at radius 3 is 3.00 bits per heavy atom. The maximum atomic E-state index is 5.90. The maximum Gasteiger partial charge on any atom is 0.127 e. The summed E-state index contributed by atoms with van der Waals surface area (Å²) in [5.74, 6) is 1.60. The number of fused-ring (bicyclic) bond motifs is 1. The molecule has 2 N–H and O–H groups in total. The molecule has 1 aliphatic rings. The quantitative estimate of drug-likeness (QED) is 0.892. The molecule has 3 rings (SSSR count). The number of para-hydroxylation sites is 1. The van der Waals surface area contributed by atoms with E-state index >= 15 is 0 Å². The van der Waals surface area contributed by atoms with Crippen molar-refractivity contribution in [2.45, 2.75) is 13.1 Å². The minimum atomic E-state index is 0.612. The van der Waals surface area contributed by atoms with Crippen LogP contribution >= 0.6 is 0 Å². The van der Waals surface area contributed by atoms with Crippen LogP contribution in [0.15, 0.2) is 42.6 Å². The molecule has 0 aliphatic carbocycles. The van der Waals surface area contributed by atoms with Gasteiger partial charge in [0.2, 0.25) is 0 Å². The zero-order valence-electron chi connectivity index (χ0n) is 10.7. The summed E-state index contributed by atoms with van der Waals surface area (Å²) in [5.41, 5.74) is 8.20. The van der Waals surface area contributed by atoms with Crippen molar-refractivity contribution in [2.75, 3.05) is 18.9 Å². The first-order valence-electron chi connectivity index (χ1n) is 6.45. The molecule has 0 spiro atoms. The number of nitrogen functional groups attached to an aromatic ring is 1. The summed E-state index contributed by atoms with van der Waals surface area (Å²) in [6.07, 6.45) is 1.72. The van der Waals surface area contributed by atoms with E-state index in [1.165, 1.54) is 5.56 Å². The number of pyridine rings is 1. The lowest BCUT2D eigenvalue weighted by Crippen LogP contribution is -2.25. The van der Waals surface area contributed by atoms with Gasteiger partial charge in [-0.2, -0.15) is 0 Å². The zero-order chi connectivity index (χ0) is 13.1. The lowest BCUT2D eigenvalue weighted by atomic mass is 10.1. The average Bonchev–Trinajstić information content (AvgIpc) is 2.63. The number of hydrogen-bond donors (Lipinski definition) is 1. The summed E-state index contributed by atoms with van der Waals surface area (Å²) in [6.45, 7) is 3.28. The predicted molar refractivity (Wildman–Crippen MR) is 74.7 cm³/mol. The minimum absolute atomic E-state index is 0.612. The monoisotopic (exact) mass is 255 g/mol. The van der Waals surface area contributed by atoms with Crippen LogP contribution in [0.2, 0.25) is 0 Å². The fourth-order valence-corrected chi connectivity index (χ4v) is 2.34. The van der Waals surface area contributed by atoms with Crippen molar-refractivity contribution in [3.05, 3.63) is 53.7 Å². The second-order valence-electron chi connectivity index (χ2n) is 4.71. The Hall–Kier alpha value is -2.07. The SMILES string of the molecule is Nc1ncccc1CN1CCOc2ccccc2C1. The van der Waals surface area contributed by atoms with Gasteiger partial charge in [-0.3, -0.25) is 4.90 Å². The third-order valence-corrected chi connectivity index (χ3v) is 3.35. The van der Waals surface area contributed by atoms with Gasteiger partial charge >= 0.3 is 0 Å². The van der Waals surface area contributed by atoms with Crippen molar-refractivity contribution in [1.29, 1.82) is 0 Å². The number of aromatic nitrogens is 1. The highest BCUT2D eigenvalue weighted by atomic mass is 16.5. The molecule has 0 radical (unpaired) electrons. The van der Waals surface area contributed by atoms with Crippen molar-refractivity contribution < 1.29 is 4.74 Å². The van der Waals surface area contributed by atoms with Gasteiger partial charge in [0.1, 0.15) is 18.2 Å². The molecule has 98 valence electrons. The Morgan fingerprint density at radius 2 is 2.11 bits per heavy atom. The topological polar surface area (TPSA) is 51.4 Å². The Kier molecular flexibility index (Phi) is 3.33. The predicted octanol–water partition coefficient (Wildman–Crippen LogP) is 2.06. The molecule has 0 saturated heterocycles. The van der Waals surface area contributed by atoms with Gasteiger partial charge in [0.25, 0.3) is 0 Å². The first-order chi connectivity index (χ1) is 9.33. The molecule has 1 aromatic heterocycles. The maximum absolute atomic E-state index is 5.90. The molecule has 1 aromatic carbocycles. The lowest BCUT2D eigenvalue weighted by molar-refractivity contribution is 0.220. The van der Waals surface area contributed by atoms with E-state index in [1.807, 2.05) is 30.3 Å². The summed E-state index contributed by atoms with van der Waals surface area (Å²) in [4.78, 5) is 6.46. The van der Waals surface area contributed by atoms with Gasteiger partial charge in [-0.25, -0.2) is 4.98 Å². The van der Waals surface area contributed by atoms with E-state index in [-0.39, 0.29) is 0 Å². The number of anilines is 1. The van der Waals surface area contributed by atoms with Gasteiger partial charge in [-0.1, -0.05) is 24.3 Å². The number of ether oxygens (including phenoxy) is 1. The van der Waals surface area contributed by atoms with Crippen LogP contribution in [0.3, 0.4) is 0 Å². The highest BCUT2D eigenvalue weighted by molar-refractivity contribution is 5.39. The van der Waals surface area contributed by atoms with Crippen LogP contribution < -0.4 is 10.5 Å². The average molecular weight is 255 g/mol. The molecule has 0 amide bonds. The Morgan fingerprint density at radius 1 is 1.21 bits per heavy atom. The van der Waals surface area contributed by atoms with E-state index in [4.69, 9.17) is 10.5 Å². The molecule has 19 heavy (non-hydrogen) atoms. The van der Waals surface area contributed by atoms with Gasteiger partial charge in [0.15, 0.2) is 0 Å². The standard InChI is InChI=1S/C15H17N3O/c16-15-13(5-3-7-17-15)11-18-8-9-19-14-6-2-1-4-12(14)10-18/h1-7H,8-11H2,(H2,16,17). The van der Waals surface area contributed by atoms with Gasteiger partial charge in [-0.15, -0.1) is 0 Å². The van der Waals surface area contributed by atoms with E-state index in [0.29, 0.717) is 12.4 Å². The molecule has 1 aliphatic heterocycles. The minimum Gasteiger partial charge on any atom is -0.492 e. The van der Waals surface area contributed by atoms with Crippen LogP contribution in [0.4, 0.5) is 5.82 Å². The smallest absolute Gasteiger partial charge is 0.127 e. The molecule has 0 saturated carbocycles. The van der Waals surface area contributed by atoms with Crippen molar-refractivity contribution in [3.8, 4) is 5.75 Å². The third kappa shape index (κ3) is 2.69. The molecule has 4 heteroatoms. The molecule has 0 atom stereocenters. The van der Waals surface area contributed by atoms with Crippen LogP contribution in [0.5, 0.6) is 5.75 Å². The van der Waals surface area contributed by atoms with Crippen molar-refractivity contribution in [3.63, 3.8) is 0 Å². The van der Waals surface area contributed by atoms with E-state index in [9.17, 15) is 0 Å². The molecule has 2 aromatic rings. The number of nitrogens with two attached hydrogens (primary N) is 1. The summed E-state index contributed by atoms with van der Waals surface area (Å²) in [7, 11) is 0. The van der Waals surface area contributed by atoms with Crippen molar-refractivity contribution >= 4 is 5.82 Å². The number of benzene rings is 1. The molecule has 0 bridgehead atoms. The fourth-order valence-electron chi connectivity index (χ4n) is 2.34. The Bertz CT molecular complexity index is 571. The largest absolute Gasteiger partial charge is 0.492 e. The van der Waals surface area contributed by atoms with Gasteiger partial charge < -0.3 is 10.5 Å². The first-order valence-corrected chi connectivity index (χ1v) is 6.45. The summed E-state index contributed by atoms with van der Waals surface area (Å²) < 4.78 is 5.76. The van der Waals surface area contributed by atoms with Crippen LogP contribution in [0.25, 0.3) is 0 Å². The Balaban J connectivity index is 1.78. The summed E-state index contributed by atoms with van der Waals surface area (Å²) in [6, 6.07) is 12.1. The number of hydrogen-bond acceptors (Lipinski definition) is 4. The molecular weight excluding hydrogens is 238 g/mol. The van der Waals surface area contributed by atoms with Crippen LogP contribution in [-0.4, -0.2) is 23.0 Å².